The molecule has 2 aromatic carbocycles. The molecule has 0 saturated carbocycles. The maximum Gasteiger partial charge on any atom is 0.272 e. The Kier molecular flexibility index (Phi) is 8.94. The highest BCUT2D eigenvalue weighted by Gasteiger charge is 2.36. The van der Waals surface area contributed by atoms with Crippen molar-refractivity contribution in [3.63, 3.8) is 0 Å². The quantitative estimate of drug-likeness (QED) is 0.220. The predicted molar refractivity (Wildman–Crippen MR) is 165 cm³/mol. The van der Waals surface area contributed by atoms with Crippen molar-refractivity contribution in [2.45, 2.75) is 65.0 Å². The first-order valence-corrected chi connectivity index (χ1v) is 14.7. The molecule has 0 aliphatic carbocycles. The normalized spacial score (nSPS) is 12.8. The second-order valence-corrected chi connectivity index (χ2v) is 10.8. The van der Waals surface area contributed by atoms with Crippen LogP contribution in [0.1, 0.15) is 73.0 Å². The number of aryl methyl sites for hydroxylation is 1. The Morgan fingerprint density at radius 3 is 2.47 bits per heavy atom. The Labute approximate surface area is 249 Å². The highest BCUT2D eigenvalue weighted by molar-refractivity contribution is 5.95. The SMILES string of the molecule is CCCCN(C(=O)c1ccc2ccccc2n1)C(CC(N)=O)C(CC)c1nc2onc(C)c2c(=O)n1Cc1ccccc1. The lowest BCUT2D eigenvalue weighted by Gasteiger charge is -2.36. The van der Waals surface area contributed by atoms with Crippen LogP contribution in [0.4, 0.5) is 0 Å². The second kappa shape index (κ2) is 13.0. The average Bonchev–Trinajstić information content (AvgIpc) is 3.39. The summed E-state index contributed by atoms with van der Waals surface area (Å²) < 4.78 is 7.07. The van der Waals surface area contributed by atoms with Crippen LogP contribution in [0.15, 0.2) is 76.0 Å². The van der Waals surface area contributed by atoms with Gasteiger partial charge in [-0.2, -0.15) is 4.98 Å². The van der Waals surface area contributed by atoms with Crippen LogP contribution in [-0.4, -0.2) is 49.0 Å². The number of carbonyl (C=O) groups is 2. The van der Waals surface area contributed by atoms with Gasteiger partial charge >= 0.3 is 0 Å². The third-order valence-corrected chi connectivity index (χ3v) is 7.86. The molecule has 5 rings (SSSR count). The summed E-state index contributed by atoms with van der Waals surface area (Å²) in [4.78, 5) is 51.9. The molecule has 2 atom stereocenters. The smallest absolute Gasteiger partial charge is 0.272 e. The van der Waals surface area contributed by atoms with E-state index in [-0.39, 0.29) is 35.8 Å². The van der Waals surface area contributed by atoms with Gasteiger partial charge < -0.3 is 15.2 Å². The minimum absolute atomic E-state index is 0.115. The van der Waals surface area contributed by atoms with Crippen LogP contribution >= 0.6 is 0 Å². The summed E-state index contributed by atoms with van der Waals surface area (Å²) in [6.45, 7) is 6.32. The summed E-state index contributed by atoms with van der Waals surface area (Å²) in [6.07, 6.45) is 1.89. The third-order valence-electron chi connectivity index (χ3n) is 7.86. The number of fused-ring (bicyclic) bond motifs is 2. The zero-order valence-corrected chi connectivity index (χ0v) is 24.7. The van der Waals surface area contributed by atoms with Gasteiger partial charge in [0.25, 0.3) is 17.2 Å². The maximum atomic E-state index is 14.2. The molecule has 0 aliphatic rings. The van der Waals surface area contributed by atoms with Gasteiger partial charge in [-0.25, -0.2) is 4.98 Å². The van der Waals surface area contributed by atoms with Crippen molar-refractivity contribution in [3.8, 4) is 0 Å². The number of primary amides is 1. The monoisotopic (exact) mass is 580 g/mol. The summed E-state index contributed by atoms with van der Waals surface area (Å²) in [5.41, 5.74) is 7.98. The number of para-hydroxylation sites is 1. The van der Waals surface area contributed by atoms with Crippen LogP contribution in [0.2, 0.25) is 0 Å². The van der Waals surface area contributed by atoms with Gasteiger partial charge in [-0.3, -0.25) is 19.0 Å². The molecule has 222 valence electrons. The van der Waals surface area contributed by atoms with E-state index in [1.165, 1.54) is 0 Å². The van der Waals surface area contributed by atoms with E-state index >= 15 is 0 Å². The molecule has 0 fully saturated rings. The molecule has 0 saturated heterocycles. The molecule has 3 heterocycles. The minimum Gasteiger partial charge on any atom is -0.370 e. The number of benzene rings is 2. The fourth-order valence-electron chi connectivity index (χ4n) is 5.67. The number of nitrogens with zero attached hydrogens (tertiary/aromatic N) is 5. The van der Waals surface area contributed by atoms with E-state index in [0.29, 0.717) is 41.8 Å². The molecular formula is C33H36N6O4. The van der Waals surface area contributed by atoms with Crippen LogP contribution in [0.5, 0.6) is 0 Å². The van der Waals surface area contributed by atoms with Crippen molar-refractivity contribution in [1.29, 1.82) is 0 Å². The summed E-state index contributed by atoms with van der Waals surface area (Å²) in [5, 5.41) is 5.22. The molecule has 0 aliphatic heterocycles. The van der Waals surface area contributed by atoms with Crippen LogP contribution in [0, 0.1) is 6.92 Å². The first-order chi connectivity index (χ1) is 20.8. The standard InChI is InChI=1S/C33H36N6O4/c1-4-6-18-38(32(41)26-17-16-23-14-10-11-15-25(23)35-26)27(19-28(34)40)24(5-2)30-36-31-29(21(3)37-43-31)33(42)39(30)20-22-12-8-7-9-13-22/h7-17,24,27H,4-6,18-20H2,1-3H3,(H2,34,40). The van der Waals surface area contributed by atoms with Crippen molar-refractivity contribution >= 4 is 33.8 Å². The topological polar surface area (TPSA) is 137 Å². The van der Waals surface area contributed by atoms with E-state index in [2.05, 4.69) is 10.1 Å². The molecule has 5 aromatic rings. The van der Waals surface area contributed by atoms with Gasteiger partial charge in [0.05, 0.1) is 23.8 Å². The van der Waals surface area contributed by atoms with Crippen molar-refractivity contribution in [3.05, 3.63) is 99.9 Å². The lowest BCUT2D eigenvalue weighted by Crippen LogP contribution is -2.47. The van der Waals surface area contributed by atoms with E-state index in [1.807, 2.05) is 74.5 Å². The lowest BCUT2D eigenvalue weighted by atomic mass is 9.90. The highest BCUT2D eigenvalue weighted by atomic mass is 16.5. The zero-order chi connectivity index (χ0) is 30.5. The van der Waals surface area contributed by atoms with Gasteiger partial charge in [0.1, 0.15) is 16.9 Å². The van der Waals surface area contributed by atoms with Gasteiger partial charge in [-0.05, 0) is 37.5 Å². The number of carbonyl (C=O) groups excluding carboxylic acids is 2. The molecule has 10 nitrogen and oxygen atoms in total. The number of amides is 2. The van der Waals surface area contributed by atoms with Crippen molar-refractivity contribution in [2.75, 3.05) is 6.54 Å². The number of hydrogen-bond acceptors (Lipinski definition) is 7. The van der Waals surface area contributed by atoms with Gasteiger partial charge in [0.15, 0.2) is 0 Å². The van der Waals surface area contributed by atoms with Crippen molar-refractivity contribution in [2.24, 2.45) is 5.73 Å². The molecule has 43 heavy (non-hydrogen) atoms. The molecule has 2 unspecified atom stereocenters. The number of nitrogens with two attached hydrogens (primary N) is 1. The van der Waals surface area contributed by atoms with E-state index in [4.69, 9.17) is 15.2 Å². The molecule has 0 bridgehead atoms. The van der Waals surface area contributed by atoms with Crippen molar-refractivity contribution in [1.82, 2.24) is 24.6 Å². The van der Waals surface area contributed by atoms with Crippen molar-refractivity contribution < 1.29 is 14.1 Å². The molecule has 2 amide bonds. The number of unbranched alkanes of at least 4 members (excludes halogenated alkanes) is 1. The summed E-state index contributed by atoms with van der Waals surface area (Å²) in [7, 11) is 0. The Balaban J connectivity index is 1.66. The predicted octanol–water partition coefficient (Wildman–Crippen LogP) is 4.97. The first-order valence-electron chi connectivity index (χ1n) is 14.7. The number of rotatable bonds is 12. The molecule has 0 spiro atoms. The number of pyridine rings is 1. The first kappa shape index (κ1) is 29.6. The molecular weight excluding hydrogens is 544 g/mol. The number of aromatic nitrogens is 4. The summed E-state index contributed by atoms with van der Waals surface area (Å²) in [6, 6.07) is 20.1. The number of hydrogen-bond donors (Lipinski definition) is 1. The zero-order valence-electron chi connectivity index (χ0n) is 24.7. The maximum absolute atomic E-state index is 14.2. The fraction of sp³-hybridized carbons (Fsp3) is 0.333. The summed E-state index contributed by atoms with van der Waals surface area (Å²) in [5.74, 6) is -0.984. The van der Waals surface area contributed by atoms with Gasteiger partial charge in [0.2, 0.25) is 5.91 Å². The Hall–Kier alpha value is -4.86. The second-order valence-electron chi connectivity index (χ2n) is 10.8. The van der Waals surface area contributed by atoms with Crippen LogP contribution in [0.25, 0.3) is 22.0 Å². The van der Waals surface area contributed by atoms with E-state index in [0.717, 1.165) is 17.4 Å². The summed E-state index contributed by atoms with van der Waals surface area (Å²) >= 11 is 0. The fourth-order valence-corrected chi connectivity index (χ4v) is 5.67. The molecule has 2 N–H and O–H groups in total. The van der Waals surface area contributed by atoms with Crippen LogP contribution in [-0.2, 0) is 11.3 Å². The Bertz CT molecular complexity index is 1810. The van der Waals surface area contributed by atoms with Gasteiger partial charge in [-0.15, -0.1) is 0 Å². The lowest BCUT2D eigenvalue weighted by molar-refractivity contribution is -0.119. The highest BCUT2D eigenvalue weighted by Crippen LogP contribution is 2.31. The Morgan fingerprint density at radius 2 is 1.74 bits per heavy atom. The molecule has 10 heteroatoms. The van der Waals surface area contributed by atoms with E-state index in [1.54, 1.807) is 22.5 Å². The Morgan fingerprint density at radius 1 is 1.00 bits per heavy atom. The largest absolute Gasteiger partial charge is 0.370 e. The van der Waals surface area contributed by atoms with Crippen LogP contribution in [0.3, 0.4) is 0 Å². The third kappa shape index (κ3) is 6.18. The average molecular weight is 581 g/mol. The van der Waals surface area contributed by atoms with Gasteiger partial charge in [-0.1, -0.05) is 80.0 Å². The van der Waals surface area contributed by atoms with E-state index in [9.17, 15) is 14.4 Å². The molecule has 3 aromatic heterocycles. The van der Waals surface area contributed by atoms with E-state index < -0.39 is 17.9 Å². The minimum atomic E-state index is -0.690. The molecule has 0 radical (unpaired) electrons. The van der Waals surface area contributed by atoms with Crippen LogP contribution < -0.4 is 11.3 Å². The van der Waals surface area contributed by atoms with Gasteiger partial charge in [0, 0.05) is 24.3 Å².